The van der Waals surface area contributed by atoms with Gasteiger partial charge in [-0.1, -0.05) is 30.8 Å². The molecule has 0 radical (unpaired) electrons. The molecule has 0 bridgehead atoms. The Kier molecular flexibility index (Phi) is 4.72. The third-order valence-corrected chi connectivity index (χ3v) is 4.64. The van der Waals surface area contributed by atoms with Crippen LogP contribution in [0.3, 0.4) is 0 Å². The smallest absolute Gasteiger partial charge is 0.239 e. The zero-order valence-electron chi connectivity index (χ0n) is 13.0. The van der Waals surface area contributed by atoms with Gasteiger partial charge in [0.2, 0.25) is 11.0 Å². The van der Waals surface area contributed by atoms with Crippen molar-refractivity contribution in [1.29, 1.82) is 0 Å². The van der Waals surface area contributed by atoms with E-state index in [1.54, 1.807) is 0 Å². The predicted molar refractivity (Wildman–Crippen MR) is 79.6 cm³/mol. The summed E-state index contributed by atoms with van der Waals surface area (Å²) in [5.41, 5.74) is 0. The minimum atomic E-state index is 0.00425. The summed E-state index contributed by atoms with van der Waals surface area (Å²) in [7, 11) is 0. The van der Waals surface area contributed by atoms with Crippen molar-refractivity contribution in [2.45, 2.75) is 56.0 Å². The van der Waals surface area contributed by atoms with Crippen LogP contribution in [0.4, 0.5) is 0 Å². The SMILES string of the molecule is CC(C)c1noc(C(C)Sc2nnnn2C2CCOCC2)n1. The van der Waals surface area contributed by atoms with Crippen LogP contribution in [0.5, 0.6) is 0 Å². The van der Waals surface area contributed by atoms with Gasteiger partial charge in [-0.2, -0.15) is 4.98 Å². The standard InChI is InChI=1S/C13H20N6O2S/c1-8(2)11-14-12(21-16-11)9(3)22-13-15-17-18-19(13)10-4-6-20-7-5-10/h8-10H,4-7H2,1-3H3. The van der Waals surface area contributed by atoms with E-state index >= 15 is 0 Å². The number of rotatable bonds is 5. The number of aromatic nitrogens is 6. The lowest BCUT2D eigenvalue weighted by Gasteiger charge is -2.22. The Hall–Kier alpha value is -1.48. The Morgan fingerprint density at radius 1 is 1.23 bits per heavy atom. The highest BCUT2D eigenvalue weighted by atomic mass is 32.2. The lowest BCUT2D eigenvalue weighted by molar-refractivity contribution is 0.0631. The Labute approximate surface area is 133 Å². The highest BCUT2D eigenvalue weighted by Gasteiger charge is 2.24. The molecule has 2 aromatic rings. The Morgan fingerprint density at radius 2 is 2.00 bits per heavy atom. The third kappa shape index (κ3) is 3.30. The molecule has 3 heterocycles. The molecule has 1 aliphatic heterocycles. The molecule has 0 spiro atoms. The number of nitrogens with zero attached hydrogens (tertiary/aromatic N) is 6. The molecule has 3 rings (SSSR count). The summed E-state index contributed by atoms with van der Waals surface area (Å²) >= 11 is 1.54. The summed E-state index contributed by atoms with van der Waals surface area (Å²) in [6, 6.07) is 0.298. The van der Waals surface area contributed by atoms with Crippen molar-refractivity contribution in [3.05, 3.63) is 11.7 Å². The van der Waals surface area contributed by atoms with Crippen LogP contribution >= 0.6 is 11.8 Å². The van der Waals surface area contributed by atoms with Gasteiger partial charge in [-0.05, 0) is 30.2 Å². The van der Waals surface area contributed by atoms with Crippen molar-refractivity contribution >= 4 is 11.8 Å². The van der Waals surface area contributed by atoms with Gasteiger partial charge in [-0.25, -0.2) is 4.68 Å². The molecule has 1 aliphatic rings. The molecule has 0 aliphatic carbocycles. The molecule has 0 saturated carbocycles. The lowest BCUT2D eigenvalue weighted by atomic mass is 10.1. The van der Waals surface area contributed by atoms with Crippen LogP contribution in [-0.4, -0.2) is 43.6 Å². The van der Waals surface area contributed by atoms with E-state index in [1.165, 1.54) is 11.8 Å². The third-order valence-electron chi connectivity index (χ3n) is 3.60. The predicted octanol–water partition coefficient (Wildman–Crippen LogP) is 2.38. The second kappa shape index (κ2) is 6.74. The van der Waals surface area contributed by atoms with Crippen molar-refractivity contribution in [1.82, 2.24) is 30.3 Å². The maximum absolute atomic E-state index is 5.39. The maximum atomic E-state index is 5.39. The van der Waals surface area contributed by atoms with Crippen molar-refractivity contribution in [3.63, 3.8) is 0 Å². The van der Waals surface area contributed by atoms with Crippen molar-refractivity contribution < 1.29 is 9.26 Å². The van der Waals surface area contributed by atoms with Crippen LogP contribution < -0.4 is 0 Å². The zero-order valence-corrected chi connectivity index (χ0v) is 13.8. The van der Waals surface area contributed by atoms with Crippen molar-refractivity contribution in [3.8, 4) is 0 Å². The summed E-state index contributed by atoms with van der Waals surface area (Å²) in [5.74, 6) is 1.59. The minimum Gasteiger partial charge on any atom is -0.381 e. The van der Waals surface area contributed by atoms with Gasteiger partial charge in [-0.3, -0.25) is 0 Å². The van der Waals surface area contributed by atoms with Gasteiger partial charge in [0, 0.05) is 19.1 Å². The van der Waals surface area contributed by atoms with E-state index in [0.29, 0.717) is 11.9 Å². The van der Waals surface area contributed by atoms with E-state index in [4.69, 9.17) is 9.26 Å². The lowest BCUT2D eigenvalue weighted by Crippen LogP contribution is -2.21. The fourth-order valence-electron chi connectivity index (χ4n) is 2.28. The second-order valence-electron chi connectivity index (χ2n) is 5.66. The molecular weight excluding hydrogens is 304 g/mol. The maximum Gasteiger partial charge on any atom is 0.239 e. The van der Waals surface area contributed by atoms with E-state index in [-0.39, 0.29) is 11.2 Å². The van der Waals surface area contributed by atoms with Crippen LogP contribution in [-0.2, 0) is 4.74 Å². The first kappa shape index (κ1) is 15.4. The summed E-state index contributed by atoms with van der Waals surface area (Å²) in [4.78, 5) is 4.44. The average Bonchev–Trinajstić information content (AvgIpc) is 3.17. The van der Waals surface area contributed by atoms with Gasteiger partial charge in [0.25, 0.3) is 0 Å². The molecule has 1 saturated heterocycles. The first-order valence-electron chi connectivity index (χ1n) is 7.51. The summed E-state index contributed by atoms with van der Waals surface area (Å²) in [5, 5.41) is 16.9. The van der Waals surface area contributed by atoms with Gasteiger partial charge >= 0.3 is 0 Å². The van der Waals surface area contributed by atoms with Gasteiger partial charge in [0.05, 0.1) is 11.3 Å². The van der Waals surface area contributed by atoms with E-state index in [0.717, 1.165) is 37.0 Å². The second-order valence-corrected chi connectivity index (χ2v) is 6.96. The fraction of sp³-hybridized carbons (Fsp3) is 0.769. The first-order chi connectivity index (χ1) is 10.6. The molecule has 120 valence electrons. The number of hydrogen-bond donors (Lipinski definition) is 0. The molecule has 8 nitrogen and oxygen atoms in total. The van der Waals surface area contributed by atoms with Gasteiger partial charge in [-0.15, -0.1) is 5.10 Å². The highest BCUT2D eigenvalue weighted by Crippen LogP contribution is 2.34. The molecule has 9 heteroatoms. The first-order valence-corrected chi connectivity index (χ1v) is 8.39. The summed E-state index contributed by atoms with van der Waals surface area (Å²) in [6.45, 7) is 7.61. The number of tetrazole rings is 1. The van der Waals surface area contributed by atoms with Crippen molar-refractivity contribution in [2.24, 2.45) is 0 Å². The monoisotopic (exact) mass is 324 g/mol. The quantitative estimate of drug-likeness (QED) is 0.774. The topological polar surface area (TPSA) is 91.8 Å². The number of hydrogen-bond acceptors (Lipinski definition) is 8. The molecule has 0 aromatic carbocycles. The number of ether oxygens (including phenoxy) is 1. The van der Waals surface area contributed by atoms with E-state index in [1.807, 2.05) is 25.5 Å². The Balaban J connectivity index is 1.71. The van der Waals surface area contributed by atoms with Crippen LogP contribution in [0.25, 0.3) is 0 Å². The Bertz CT molecular complexity index is 607. The molecular formula is C13H20N6O2S. The molecule has 1 atom stereocenters. The van der Waals surface area contributed by atoms with Gasteiger partial charge in [0.1, 0.15) is 0 Å². The molecule has 1 fully saturated rings. The normalized spacial score (nSPS) is 18.0. The van der Waals surface area contributed by atoms with Crippen LogP contribution in [0.15, 0.2) is 9.68 Å². The van der Waals surface area contributed by atoms with E-state index in [9.17, 15) is 0 Å². The van der Waals surface area contributed by atoms with Gasteiger partial charge < -0.3 is 9.26 Å². The summed E-state index contributed by atoms with van der Waals surface area (Å²) in [6.07, 6.45) is 1.87. The van der Waals surface area contributed by atoms with Crippen molar-refractivity contribution in [2.75, 3.05) is 13.2 Å². The Morgan fingerprint density at radius 3 is 2.68 bits per heavy atom. The fourth-order valence-corrected chi connectivity index (χ4v) is 3.17. The number of thioether (sulfide) groups is 1. The average molecular weight is 324 g/mol. The van der Waals surface area contributed by atoms with E-state index in [2.05, 4.69) is 25.7 Å². The van der Waals surface area contributed by atoms with Crippen LogP contribution in [0, 0.1) is 0 Å². The molecule has 0 amide bonds. The minimum absolute atomic E-state index is 0.00425. The molecule has 22 heavy (non-hydrogen) atoms. The van der Waals surface area contributed by atoms with Crippen LogP contribution in [0.1, 0.15) is 62.5 Å². The zero-order chi connectivity index (χ0) is 15.5. The van der Waals surface area contributed by atoms with Crippen LogP contribution in [0.2, 0.25) is 0 Å². The summed E-state index contributed by atoms with van der Waals surface area (Å²) < 4.78 is 12.6. The molecule has 1 unspecified atom stereocenters. The van der Waals surface area contributed by atoms with Gasteiger partial charge in [0.15, 0.2) is 5.82 Å². The molecule has 2 aromatic heterocycles. The van der Waals surface area contributed by atoms with E-state index < -0.39 is 0 Å². The largest absolute Gasteiger partial charge is 0.381 e. The molecule has 0 N–H and O–H groups in total. The highest BCUT2D eigenvalue weighted by molar-refractivity contribution is 7.99.